The molecule has 0 saturated heterocycles. The van der Waals surface area contributed by atoms with Crippen LogP contribution in [0.15, 0.2) is 96.2 Å². The predicted molar refractivity (Wildman–Crippen MR) is 108 cm³/mol. The number of aromatic nitrogens is 2. The molecule has 29 heavy (non-hydrogen) atoms. The molecule has 1 heterocycles. The molecule has 6 heteroatoms. The largest absolute Gasteiger partial charge is 0.416 e. The molecule has 0 radical (unpaired) electrons. The maximum Gasteiger partial charge on any atom is 0.416 e. The summed E-state index contributed by atoms with van der Waals surface area (Å²) in [6.45, 7) is 0. The average Bonchev–Trinajstić information content (AvgIpc) is 3.17. The average molecular weight is 391 g/mol. The van der Waals surface area contributed by atoms with Crippen molar-refractivity contribution in [1.29, 1.82) is 0 Å². The zero-order chi connectivity index (χ0) is 20.3. The van der Waals surface area contributed by atoms with Gasteiger partial charge in [-0.3, -0.25) is 4.57 Å². The summed E-state index contributed by atoms with van der Waals surface area (Å²) in [7, 11) is 0. The second-order valence-electron chi connectivity index (χ2n) is 6.37. The molecule has 0 spiro atoms. The van der Waals surface area contributed by atoms with Crippen LogP contribution in [0, 0.1) is 0 Å². The molecule has 0 aliphatic rings. The SMILES string of the molecule is FC(F)(F)c1ccc(-n2cnc(/N=C/c3ccccc3)c2-c2ccccc2)cc1. The molecule has 3 nitrogen and oxygen atoms in total. The van der Waals surface area contributed by atoms with Gasteiger partial charge in [-0.2, -0.15) is 13.2 Å². The first-order valence-corrected chi connectivity index (χ1v) is 8.92. The summed E-state index contributed by atoms with van der Waals surface area (Å²) in [4.78, 5) is 8.92. The first-order valence-electron chi connectivity index (χ1n) is 8.92. The van der Waals surface area contributed by atoms with E-state index in [0.717, 1.165) is 23.3 Å². The summed E-state index contributed by atoms with van der Waals surface area (Å²) in [6, 6.07) is 24.1. The van der Waals surface area contributed by atoms with Crippen LogP contribution in [0.3, 0.4) is 0 Å². The van der Waals surface area contributed by atoms with Crippen molar-refractivity contribution in [2.24, 2.45) is 4.99 Å². The molecular formula is C23H16F3N3. The smallest absolute Gasteiger partial charge is 0.297 e. The van der Waals surface area contributed by atoms with E-state index in [4.69, 9.17) is 0 Å². The molecule has 144 valence electrons. The van der Waals surface area contributed by atoms with Gasteiger partial charge in [0.25, 0.3) is 0 Å². The summed E-state index contributed by atoms with van der Waals surface area (Å²) in [5.74, 6) is 0.486. The number of hydrogen-bond acceptors (Lipinski definition) is 2. The number of aliphatic imine (C=N–C) groups is 1. The lowest BCUT2D eigenvalue weighted by Gasteiger charge is -2.11. The minimum Gasteiger partial charge on any atom is -0.297 e. The molecule has 0 aliphatic carbocycles. The summed E-state index contributed by atoms with van der Waals surface area (Å²) in [6.07, 6.45) is -1.09. The second-order valence-corrected chi connectivity index (χ2v) is 6.37. The van der Waals surface area contributed by atoms with Crippen molar-refractivity contribution < 1.29 is 13.2 Å². The molecule has 0 aliphatic heterocycles. The van der Waals surface area contributed by atoms with Gasteiger partial charge in [0.05, 0.1) is 11.3 Å². The van der Waals surface area contributed by atoms with Crippen LogP contribution < -0.4 is 0 Å². The number of imidazole rings is 1. The monoisotopic (exact) mass is 391 g/mol. The minimum absolute atomic E-state index is 0.486. The van der Waals surface area contributed by atoms with Crippen molar-refractivity contribution in [3.05, 3.63) is 102 Å². The Balaban J connectivity index is 1.79. The van der Waals surface area contributed by atoms with Crippen molar-refractivity contribution in [2.45, 2.75) is 6.18 Å². The Kier molecular flexibility index (Phi) is 4.99. The van der Waals surface area contributed by atoms with Crippen molar-refractivity contribution in [2.75, 3.05) is 0 Å². The summed E-state index contributed by atoms with van der Waals surface area (Å²) >= 11 is 0. The zero-order valence-corrected chi connectivity index (χ0v) is 15.2. The van der Waals surface area contributed by atoms with Gasteiger partial charge in [0.1, 0.15) is 6.33 Å². The van der Waals surface area contributed by atoms with Gasteiger partial charge in [-0.15, -0.1) is 0 Å². The molecule has 0 atom stereocenters. The first kappa shape index (κ1) is 18.7. The molecular weight excluding hydrogens is 375 g/mol. The number of benzene rings is 3. The van der Waals surface area contributed by atoms with E-state index >= 15 is 0 Å². The topological polar surface area (TPSA) is 30.2 Å². The lowest BCUT2D eigenvalue weighted by molar-refractivity contribution is -0.137. The third-order valence-electron chi connectivity index (χ3n) is 4.40. The van der Waals surface area contributed by atoms with Crippen LogP contribution in [0.4, 0.5) is 19.0 Å². The van der Waals surface area contributed by atoms with Crippen LogP contribution in [0.1, 0.15) is 11.1 Å². The normalized spacial score (nSPS) is 11.8. The lowest BCUT2D eigenvalue weighted by atomic mass is 10.1. The summed E-state index contributed by atoms with van der Waals surface area (Å²) in [5.41, 5.74) is 2.38. The molecule has 4 aromatic rings. The van der Waals surface area contributed by atoms with Gasteiger partial charge in [0.2, 0.25) is 0 Å². The predicted octanol–water partition coefficient (Wildman–Crippen LogP) is 6.31. The van der Waals surface area contributed by atoms with Gasteiger partial charge in [-0.25, -0.2) is 9.98 Å². The van der Waals surface area contributed by atoms with E-state index in [1.54, 1.807) is 17.1 Å². The minimum atomic E-state index is -4.37. The van der Waals surface area contributed by atoms with Crippen LogP contribution in [-0.2, 0) is 6.18 Å². The molecule has 3 aromatic carbocycles. The molecule has 0 N–H and O–H groups in total. The standard InChI is InChI=1S/C23H16F3N3/c24-23(25,26)19-11-13-20(14-12-19)29-16-28-22(21(29)18-9-5-2-6-10-18)27-15-17-7-3-1-4-8-17/h1-16H/b27-15+. The Morgan fingerprint density at radius 3 is 2.03 bits per heavy atom. The third kappa shape index (κ3) is 4.11. The molecule has 0 fully saturated rings. The number of rotatable bonds is 4. The highest BCUT2D eigenvalue weighted by Gasteiger charge is 2.30. The second kappa shape index (κ2) is 7.75. The van der Waals surface area contributed by atoms with E-state index in [0.29, 0.717) is 17.2 Å². The van der Waals surface area contributed by atoms with E-state index in [1.807, 2.05) is 60.7 Å². The van der Waals surface area contributed by atoms with Crippen molar-refractivity contribution in [3.8, 4) is 16.9 Å². The quantitative estimate of drug-likeness (QED) is 0.375. The Bertz CT molecular complexity index is 1110. The molecule has 4 rings (SSSR count). The number of halogens is 3. The van der Waals surface area contributed by atoms with Gasteiger partial charge >= 0.3 is 6.18 Å². The lowest BCUT2D eigenvalue weighted by Crippen LogP contribution is -2.05. The Morgan fingerprint density at radius 2 is 1.41 bits per heavy atom. The fraction of sp³-hybridized carbons (Fsp3) is 0.0435. The van der Waals surface area contributed by atoms with Crippen LogP contribution in [0.2, 0.25) is 0 Å². The third-order valence-corrected chi connectivity index (χ3v) is 4.40. The molecule has 0 amide bonds. The van der Waals surface area contributed by atoms with Gasteiger partial charge in [0, 0.05) is 17.5 Å². The molecule has 1 aromatic heterocycles. The number of hydrogen-bond donors (Lipinski definition) is 0. The van der Waals surface area contributed by atoms with E-state index in [9.17, 15) is 13.2 Å². The van der Waals surface area contributed by atoms with Crippen LogP contribution >= 0.6 is 0 Å². The van der Waals surface area contributed by atoms with Gasteiger partial charge in [0.15, 0.2) is 5.82 Å². The van der Waals surface area contributed by atoms with E-state index in [2.05, 4.69) is 9.98 Å². The van der Waals surface area contributed by atoms with Crippen LogP contribution in [0.5, 0.6) is 0 Å². The van der Waals surface area contributed by atoms with Gasteiger partial charge < -0.3 is 0 Å². The highest BCUT2D eigenvalue weighted by Crippen LogP contribution is 2.33. The Labute approximate surface area is 165 Å². The van der Waals surface area contributed by atoms with Crippen LogP contribution in [0.25, 0.3) is 16.9 Å². The Morgan fingerprint density at radius 1 is 0.793 bits per heavy atom. The summed E-state index contributed by atoms with van der Waals surface area (Å²) < 4.78 is 40.4. The van der Waals surface area contributed by atoms with E-state index < -0.39 is 11.7 Å². The molecule has 0 saturated carbocycles. The summed E-state index contributed by atoms with van der Waals surface area (Å²) in [5, 5.41) is 0. The maximum absolute atomic E-state index is 12.9. The van der Waals surface area contributed by atoms with Gasteiger partial charge in [-0.05, 0) is 29.8 Å². The zero-order valence-electron chi connectivity index (χ0n) is 15.2. The highest BCUT2D eigenvalue weighted by molar-refractivity contribution is 5.84. The van der Waals surface area contributed by atoms with Crippen molar-refractivity contribution >= 4 is 12.0 Å². The van der Waals surface area contributed by atoms with E-state index in [1.165, 1.54) is 12.1 Å². The molecule has 0 unspecified atom stereocenters. The molecule has 0 bridgehead atoms. The first-order chi connectivity index (χ1) is 14.0. The van der Waals surface area contributed by atoms with E-state index in [-0.39, 0.29) is 0 Å². The van der Waals surface area contributed by atoms with Gasteiger partial charge in [-0.1, -0.05) is 60.7 Å². The fourth-order valence-corrected chi connectivity index (χ4v) is 2.98. The number of nitrogens with zero attached hydrogens (tertiary/aromatic N) is 3. The number of alkyl halides is 3. The van der Waals surface area contributed by atoms with Crippen LogP contribution in [-0.4, -0.2) is 15.8 Å². The maximum atomic E-state index is 12.9. The highest BCUT2D eigenvalue weighted by atomic mass is 19.4. The van der Waals surface area contributed by atoms with Crippen molar-refractivity contribution in [3.63, 3.8) is 0 Å². The Hall–Kier alpha value is -3.67. The van der Waals surface area contributed by atoms with Crippen molar-refractivity contribution in [1.82, 2.24) is 9.55 Å². The fourth-order valence-electron chi connectivity index (χ4n) is 2.98.